The van der Waals surface area contributed by atoms with Crippen molar-refractivity contribution in [2.24, 2.45) is 0 Å². The highest BCUT2D eigenvalue weighted by Crippen LogP contribution is 2.23. The molecule has 0 N–H and O–H groups in total. The third kappa shape index (κ3) is 3.61. The van der Waals surface area contributed by atoms with Crippen LogP contribution in [-0.4, -0.2) is 58.6 Å². The minimum Gasteiger partial charge on any atom is -0.469 e. The Labute approximate surface area is 135 Å². The van der Waals surface area contributed by atoms with Crippen LogP contribution in [0.4, 0.5) is 0 Å². The van der Waals surface area contributed by atoms with E-state index in [1.807, 2.05) is 11.8 Å². The Kier molecular flexibility index (Phi) is 4.76. The van der Waals surface area contributed by atoms with Gasteiger partial charge < -0.3 is 18.6 Å². The van der Waals surface area contributed by atoms with E-state index < -0.39 is 0 Å². The fourth-order valence-corrected chi connectivity index (χ4v) is 2.76. The lowest BCUT2D eigenvalue weighted by atomic mass is 10.2. The number of carbonyl (C=O) groups excluding carboxylic acids is 1. The van der Waals surface area contributed by atoms with Crippen LogP contribution >= 0.6 is 0 Å². The largest absolute Gasteiger partial charge is 0.469 e. The van der Waals surface area contributed by atoms with Gasteiger partial charge in [0.25, 0.3) is 5.89 Å². The summed E-state index contributed by atoms with van der Waals surface area (Å²) in [5.74, 6) is 1.82. The number of amides is 1. The van der Waals surface area contributed by atoms with Crippen LogP contribution in [0.3, 0.4) is 0 Å². The number of hydrogen-bond donors (Lipinski definition) is 0. The number of hydrogen-bond acceptors (Lipinski definition) is 6. The second-order valence-electron chi connectivity index (χ2n) is 5.71. The second kappa shape index (κ2) is 6.95. The fraction of sp³-hybridized carbons (Fsp3) is 0.562. The molecule has 0 unspecified atom stereocenters. The quantitative estimate of drug-likeness (QED) is 0.836. The van der Waals surface area contributed by atoms with Crippen LogP contribution in [-0.2, 0) is 11.2 Å². The lowest BCUT2D eigenvalue weighted by molar-refractivity contribution is -0.132. The van der Waals surface area contributed by atoms with E-state index in [0.717, 1.165) is 44.0 Å². The molecule has 1 fully saturated rings. The Bertz CT molecular complexity index is 656. The number of carbonyl (C=O) groups is 1. The Hall–Kier alpha value is -2.15. The number of piperazine rings is 1. The van der Waals surface area contributed by atoms with Gasteiger partial charge in [0.2, 0.25) is 11.8 Å². The normalized spacial score (nSPS) is 16.0. The third-order valence-corrected chi connectivity index (χ3v) is 4.28. The molecule has 0 spiro atoms. The summed E-state index contributed by atoms with van der Waals surface area (Å²) >= 11 is 0. The molecule has 3 rings (SSSR count). The van der Waals surface area contributed by atoms with E-state index in [9.17, 15) is 4.79 Å². The van der Waals surface area contributed by atoms with Gasteiger partial charge in [-0.2, -0.15) is 0 Å². The molecule has 124 valence electrons. The molecule has 0 bridgehead atoms. The summed E-state index contributed by atoms with van der Waals surface area (Å²) in [6.07, 6.45) is 2.46. The summed E-state index contributed by atoms with van der Waals surface area (Å²) in [5.41, 5.74) is 0.797. The van der Waals surface area contributed by atoms with E-state index in [4.69, 9.17) is 8.83 Å². The molecular weight excluding hydrogens is 296 g/mol. The van der Waals surface area contributed by atoms with E-state index >= 15 is 0 Å². The van der Waals surface area contributed by atoms with E-state index in [-0.39, 0.29) is 5.91 Å². The highest BCUT2D eigenvalue weighted by molar-refractivity contribution is 5.76. The molecule has 1 aliphatic heterocycles. The van der Waals surface area contributed by atoms with E-state index in [1.165, 1.54) is 0 Å². The molecule has 0 radical (unpaired) electrons. The molecule has 0 atom stereocenters. The standard InChI is InChI=1S/C16H22N4O3/c1-3-19-7-9-20(10-8-19)15(21)5-4-14-17-18-16(23-14)13-6-11-22-12(13)2/h6,11H,3-5,7-10H2,1-2H3. The number of aryl methyl sites for hydroxylation is 2. The Morgan fingerprint density at radius 1 is 1.26 bits per heavy atom. The first kappa shape index (κ1) is 15.7. The van der Waals surface area contributed by atoms with Gasteiger partial charge in [-0.3, -0.25) is 4.79 Å². The first-order valence-corrected chi connectivity index (χ1v) is 8.04. The molecule has 1 aliphatic rings. The maximum Gasteiger partial charge on any atom is 0.251 e. The molecule has 7 nitrogen and oxygen atoms in total. The van der Waals surface area contributed by atoms with Gasteiger partial charge in [-0.05, 0) is 19.5 Å². The van der Waals surface area contributed by atoms with Crippen molar-refractivity contribution in [1.82, 2.24) is 20.0 Å². The predicted molar refractivity (Wildman–Crippen MR) is 83.8 cm³/mol. The molecule has 1 amide bonds. The lowest BCUT2D eigenvalue weighted by Gasteiger charge is -2.34. The van der Waals surface area contributed by atoms with E-state index in [1.54, 1.807) is 12.3 Å². The van der Waals surface area contributed by atoms with Crippen LogP contribution in [0.1, 0.15) is 25.0 Å². The average Bonchev–Trinajstić information content (AvgIpc) is 3.21. The minimum atomic E-state index is 0.153. The predicted octanol–water partition coefficient (Wildman–Crippen LogP) is 1.73. The smallest absolute Gasteiger partial charge is 0.251 e. The van der Waals surface area contributed by atoms with Gasteiger partial charge in [0.05, 0.1) is 11.8 Å². The first-order chi connectivity index (χ1) is 11.2. The van der Waals surface area contributed by atoms with Crippen molar-refractivity contribution >= 4 is 5.91 Å². The average molecular weight is 318 g/mol. The lowest BCUT2D eigenvalue weighted by Crippen LogP contribution is -2.48. The van der Waals surface area contributed by atoms with Gasteiger partial charge in [-0.1, -0.05) is 6.92 Å². The highest BCUT2D eigenvalue weighted by atomic mass is 16.4. The van der Waals surface area contributed by atoms with Gasteiger partial charge >= 0.3 is 0 Å². The summed E-state index contributed by atoms with van der Waals surface area (Å²) < 4.78 is 10.9. The molecule has 2 aromatic rings. The van der Waals surface area contributed by atoms with Crippen molar-refractivity contribution in [2.75, 3.05) is 32.7 Å². The number of likely N-dealkylation sites (N-methyl/N-ethyl adjacent to an activating group) is 1. The summed E-state index contributed by atoms with van der Waals surface area (Å²) in [6.45, 7) is 8.54. The van der Waals surface area contributed by atoms with Crippen molar-refractivity contribution in [2.45, 2.75) is 26.7 Å². The van der Waals surface area contributed by atoms with Crippen molar-refractivity contribution < 1.29 is 13.6 Å². The van der Waals surface area contributed by atoms with Crippen LogP contribution in [0.15, 0.2) is 21.2 Å². The monoisotopic (exact) mass is 318 g/mol. The molecular formula is C16H22N4O3. The number of nitrogens with zero attached hydrogens (tertiary/aromatic N) is 4. The molecule has 23 heavy (non-hydrogen) atoms. The molecule has 7 heteroatoms. The van der Waals surface area contributed by atoms with Gasteiger partial charge in [0, 0.05) is 39.0 Å². The Balaban J connectivity index is 1.52. The van der Waals surface area contributed by atoms with Gasteiger partial charge in [0.1, 0.15) is 5.76 Å². The van der Waals surface area contributed by atoms with Crippen molar-refractivity contribution in [1.29, 1.82) is 0 Å². The number of furan rings is 1. The molecule has 1 saturated heterocycles. The van der Waals surface area contributed by atoms with E-state index in [0.29, 0.717) is 24.6 Å². The van der Waals surface area contributed by atoms with Gasteiger partial charge in [-0.15, -0.1) is 10.2 Å². The molecule has 3 heterocycles. The fourth-order valence-electron chi connectivity index (χ4n) is 2.76. The van der Waals surface area contributed by atoms with E-state index in [2.05, 4.69) is 22.0 Å². The zero-order valence-electron chi connectivity index (χ0n) is 13.6. The number of aromatic nitrogens is 2. The zero-order chi connectivity index (χ0) is 16.2. The van der Waals surface area contributed by atoms with Crippen LogP contribution in [0.2, 0.25) is 0 Å². The van der Waals surface area contributed by atoms with Crippen LogP contribution in [0.25, 0.3) is 11.5 Å². The number of rotatable bonds is 5. The summed E-state index contributed by atoms with van der Waals surface area (Å²) in [7, 11) is 0. The topological polar surface area (TPSA) is 75.6 Å². The summed E-state index contributed by atoms with van der Waals surface area (Å²) in [4.78, 5) is 16.5. The Morgan fingerprint density at radius 3 is 2.70 bits per heavy atom. The van der Waals surface area contributed by atoms with Crippen LogP contribution in [0, 0.1) is 6.92 Å². The highest BCUT2D eigenvalue weighted by Gasteiger charge is 2.21. The molecule has 2 aromatic heterocycles. The van der Waals surface area contributed by atoms with Crippen molar-refractivity contribution in [3.05, 3.63) is 24.0 Å². The first-order valence-electron chi connectivity index (χ1n) is 8.04. The minimum absolute atomic E-state index is 0.153. The maximum absolute atomic E-state index is 12.3. The van der Waals surface area contributed by atoms with Crippen LogP contribution < -0.4 is 0 Å². The maximum atomic E-state index is 12.3. The van der Waals surface area contributed by atoms with Crippen LogP contribution in [0.5, 0.6) is 0 Å². The molecule has 0 aromatic carbocycles. The van der Waals surface area contributed by atoms with Crippen molar-refractivity contribution in [3.8, 4) is 11.5 Å². The molecule has 0 aliphatic carbocycles. The van der Waals surface area contributed by atoms with Gasteiger partial charge in [0.15, 0.2) is 0 Å². The van der Waals surface area contributed by atoms with Gasteiger partial charge in [-0.25, -0.2) is 0 Å². The summed E-state index contributed by atoms with van der Waals surface area (Å²) in [6, 6.07) is 1.80. The Morgan fingerprint density at radius 2 is 2.04 bits per heavy atom. The second-order valence-corrected chi connectivity index (χ2v) is 5.71. The molecule has 0 saturated carbocycles. The van der Waals surface area contributed by atoms with Crippen molar-refractivity contribution in [3.63, 3.8) is 0 Å². The SMILES string of the molecule is CCN1CCN(C(=O)CCc2nnc(-c3ccoc3C)o2)CC1. The third-order valence-electron chi connectivity index (χ3n) is 4.28. The zero-order valence-corrected chi connectivity index (χ0v) is 13.6. The summed E-state index contributed by atoms with van der Waals surface area (Å²) in [5, 5.41) is 8.04.